The highest BCUT2D eigenvalue weighted by molar-refractivity contribution is 7.94. The number of hydrogen-bond acceptors (Lipinski definition) is 6. The maximum absolute atomic E-state index is 12.9. The van der Waals surface area contributed by atoms with Gasteiger partial charge >= 0.3 is 5.97 Å². The number of carbonyl (C=O) groups excluding carboxylic acids is 1. The molecule has 0 amide bonds. The Morgan fingerprint density at radius 2 is 1.96 bits per heavy atom. The Kier molecular flexibility index (Phi) is 6.24. The van der Waals surface area contributed by atoms with Crippen molar-refractivity contribution in [2.75, 3.05) is 25.0 Å². The van der Waals surface area contributed by atoms with E-state index >= 15 is 0 Å². The summed E-state index contributed by atoms with van der Waals surface area (Å²) in [7, 11) is -2.32. The van der Waals surface area contributed by atoms with E-state index in [4.69, 9.17) is 21.1 Å². The lowest BCUT2D eigenvalue weighted by atomic mass is 10.2. The summed E-state index contributed by atoms with van der Waals surface area (Å²) in [5.74, 6) is -0.550. The maximum atomic E-state index is 12.9. The Bertz CT molecular complexity index is 1120. The second kappa shape index (κ2) is 8.48. The van der Waals surface area contributed by atoms with Crippen LogP contribution in [0.15, 0.2) is 46.7 Å². The second-order valence-corrected chi connectivity index (χ2v) is 9.34. The molecule has 0 bridgehead atoms. The molecule has 0 radical (unpaired) electrons. The largest absolute Gasteiger partial charge is 0.460 e. The number of ether oxygens (including phenoxy) is 2. The topological polar surface area (TPSA) is 81.7 Å². The third kappa shape index (κ3) is 4.47. The number of carbonyl (C=O) groups is 1. The second-order valence-electron chi connectivity index (χ2n) is 5.97. The van der Waals surface area contributed by atoms with Gasteiger partial charge in [0.25, 0.3) is 10.0 Å². The van der Waals surface area contributed by atoms with Crippen LogP contribution in [0.25, 0.3) is 10.1 Å². The van der Waals surface area contributed by atoms with E-state index in [1.165, 1.54) is 24.5 Å². The van der Waals surface area contributed by atoms with Crippen LogP contribution in [0.4, 0.5) is 5.69 Å². The van der Waals surface area contributed by atoms with Crippen molar-refractivity contribution in [1.82, 2.24) is 0 Å². The Morgan fingerprint density at radius 3 is 2.71 bits per heavy atom. The van der Waals surface area contributed by atoms with Crippen LogP contribution in [0, 0.1) is 6.92 Å². The van der Waals surface area contributed by atoms with Gasteiger partial charge in [0.2, 0.25) is 0 Å². The van der Waals surface area contributed by atoms with Gasteiger partial charge in [-0.05, 0) is 54.3 Å². The van der Waals surface area contributed by atoms with E-state index in [0.29, 0.717) is 10.6 Å². The summed E-state index contributed by atoms with van der Waals surface area (Å²) in [4.78, 5) is 12.0. The van der Waals surface area contributed by atoms with E-state index in [9.17, 15) is 13.2 Å². The molecule has 148 valence electrons. The Balaban J connectivity index is 1.86. The minimum Gasteiger partial charge on any atom is -0.460 e. The summed E-state index contributed by atoms with van der Waals surface area (Å²) in [5.41, 5.74) is 1.15. The molecule has 0 atom stereocenters. The number of thiophene rings is 1. The zero-order valence-electron chi connectivity index (χ0n) is 15.2. The number of fused-ring (bicyclic) bond motifs is 1. The van der Waals surface area contributed by atoms with Gasteiger partial charge in [-0.3, -0.25) is 4.72 Å². The predicted octanol–water partition coefficient (Wildman–Crippen LogP) is 4.47. The summed E-state index contributed by atoms with van der Waals surface area (Å²) >= 11 is 7.19. The number of anilines is 1. The summed E-state index contributed by atoms with van der Waals surface area (Å²) in [6.07, 6.45) is 0. The van der Waals surface area contributed by atoms with E-state index in [1.54, 1.807) is 43.3 Å². The molecule has 0 aliphatic heterocycles. The van der Waals surface area contributed by atoms with Crippen LogP contribution in [0.3, 0.4) is 0 Å². The molecule has 1 heterocycles. The van der Waals surface area contributed by atoms with Gasteiger partial charge < -0.3 is 9.47 Å². The van der Waals surface area contributed by atoms with Crippen molar-refractivity contribution in [3.05, 3.63) is 58.6 Å². The van der Waals surface area contributed by atoms with Crippen molar-refractivity contribution < 1.29 is 22.7 Å². The standard InChI is InChI=1S/C19H18ClNO5S2/c1-12-16-11-14(20)6-7-17(16)27-19(12)28(23,24)21-15-5-3-4-13(10-15)18(22)26-9-8-25-2/h3-7,10-11,21H,8-9H2,1-2H3. The highest BCUT2D eigenvalue weighted by Gasteiger charge is 2.22. The number of sulfonamides is 1. The number of esters is 1. The van der Waals surface area contributed by atoms with Gasteiger partial charge in [-0.1, -0.05) is 17.7 Å². The average molecular weight is 440 g/mol. The van der Waals surface area contributed by atoms with E-state index in [1.807, 2.05) is 0 Å². The van der Waals surface area contributed by atoms with Crippen LogP contribution < -0.4 is 4.72 Å². The first-order valence-corrected chi connectivity index (χ1v) is 11.0. The molecular weight excluding hydrogens is 422 g/mol. The lowest BCUT2D eigenvalue weighted by molar-refractivity contribution is 0.0388. The van der Waals surface area contributed by atoms with Crippen LogP contribution in [0.1, 0.15) is 15.9 Å². The van der Waals surface area contributed by atoms with Crippen LogP contribution in [-0.2, 0) is 19.5 Å². The highest BCUT2D eigenvalue weighted by Crippen LogP contribution is 2.36. The Labute approximate surface area is 172 Å². The maximum Gasteiger partial charge on any atom is 0.338 e. The fourth-order valence-corrected chi connectivity index (χ4v) is 5.61. The molecule has 28 heavy (non-hydrogen) atoms. The van der Waals surface area contributed by atoms with Crippen LogP contribution in [0.2, 0.25) is 5.02 Å². The van der Waals surface area contributed by atoms with Gasteiger partial charge in [0.05, 0.1) is 12.2 Å². The fourth-order valence-electron chi connectivity index (χ4n) is 2.64. The summed E-state index contributed by atoms with van der Waals surface area (Å²) in [6, 6.07) is 11.4. The average Bonchev–Trinajstić information content (AvgIpc) is 2.99. The summed E-state index contributed by atoms with van der Waals surface area (Å²) in [6.45, 7) is 2.15. The summed E-state index contributed by atoms with van der Waals surface area (Å²) < 4.78 is 39.3. The zero-order valence-corrected chi connectivity index (χ0v) is 17.6. The van der Waals surface area contributed by atoms with Gasteiger partial charge in [-0.25, -0.2) is 13.2 Å². The first-order chi connectivity index (χ1) is 13.3. The zero-order chi connectivity index (χ0) is 20.3. The van der Waals surface area contributed by atoms with Gasteiger partial charge in [0, 0.05) is 22.5 Å². The van der Waals surface area contributed by atoms with Gasteiger partial charge in [0.15, 0.2) is 0 Å². The number of nitrogens with one attached hydrogen (secondary N) is 1. The predicted molar refractivity (Wildman–Crippen MR) is 111 cm³/mol. The quantitative estimate of drug-likeness (QED) is 0.434. The molecule has 6 nitrogen and oxygen atoms in total. The molecule has 0 saturated carbocycles. The number of halogens is 1. The first-order valence-electron chi connectivity index (χ1n) is 8.29. The molecular formula is C19H18ClNO5S2. The smallest absolute Gasteiger partial charge is 0.338 e. The Morgan fingerprint density at radius 1 is 1.18 bits per heavy atom. The highest BCUT2D eigenvalue weighted by atomic mass is 35.5. The molecule has 1 aromatic heterocycles. The lowest BCUT2D eigenvalue weighted by Crippen LogP contribution is -2.14. The molecule has 3 aromatic rings. The van der Waals surface area contributed by atoms with Crippen LogP contribution in [-0.4, -0.2) is 34.7 Å². The van der Waals surface area contributed by atoms with Gasteiger partial charge in [-0.15, -0.1) is 11.3 Å². The fraction of sp³-hybridized carbons (Fsp3) is 0.211. The van der Waals surface area contributed by atoms with Crippen molar-refractivity contribution in [2.24, 2.45) is 0 Å². The van der Waals surface area contributed by atoms with Gasteiger partial charge in [-0.2, -0.15) is 0 Å². The summed E-state index contributed by atoms with van der Waals surface area (Å²) in [5, 5.41) is 1.35. The SMILES string of the molecule is COCCOC(=O)c1cccc(NS(=O)(=O)c2sc3ccc(Cl)cc3c2C)c1. The van der Waals surface area contributed by atoms with Crippen molar-refractivity contribution in [2.45, 2.75) is 11.1 Å². The van der Waals surface area contributed by atoms with E-state index in [2.05, 4.69) is 4.72 Å². The van der Waals surface area contributed by atoms with Crippen LogP contribution in [0.5, 0.6) is 0 Å². The molecule has 0 spiro atoms. The molecule has 0 aliphatic carbocycles. The number of aryl methyl sites for hydroxylation is 1. The Hall–Kier alpha value is -2.13. The normalized spacial score (nSPS) is 11.5. The number of rotatable bonds is 7. The van der Waals surface area contributed by atoms with E-state index in [-0.39, 0.29) is 28.7 Å². The molecule has 0 fully saturated rings. The minimum atomic E-state index is -3.83. The molecule has 2 aromatic carbocycles. The molecule has 3 rings (SSSR count). The minimum absolute atomic E-state index is 0.120. The monoisotopic (exact) mass is 439 g/mol. The van der Waals surface area contributed by atoms with E-state index < -0.39 is 16.0 Å². The first kappa shape index (κ1) is 20.6. The lowest BCUT2D eigenvalue weighted by Gasteiger charge is -2.09. The van der Waals surface area contributed by atoms with Crippen molar-refractivity contribution >= 4 is 54.7 Å². The van der Waals surface area contributed by atoms with Crippen LogP contribution >= 0.6 is 22.9 Å². The third-order valence-electron chi connectivity index (χ3n) is 3.97. The molecule has 9 heteroatoms. The molecule has 0 unspecified atom stereocenters. The van der Waals surface area contributed by atoms with E-state index in [0.717, 1.165) is 10.1 Å². The molecule has 1 N–H and O–H groups in total. The van der Waals surface area contributed by atoms with Crippen molar-refractivity contribution in [3.63, 3.8) is 0 Å². The van der Waals surface area contributed by atoms with Crippen molar-refractivity contribution in [1.29, 1.82) is 0 Å². The van der Waals surface area contributed by atoms with Crippen molar-refractivity contribution in [3.8, 4) is 0 Å². The number of methoxy groups -OCH3 is 1. The number of hydrogen-bond donors (Lipinski definition) is 1. The third-order valence-corrected chi connectivity index (χ3v) is 7.48. The molecule has 0 aliphatic rings. The molecule has 0 saturated heterocycles. The number of benzene rings is 2. The van der Waals surface area contributed by atoms with Gasteiger partial charge in [0.1, 0.15) is 10.8 Å².